The van der Waals surface area contributed by atoms with Gasteiger partial charge >= 0.3 is 0 Å². The minimum Gasteiger partial charge on any atom is -0.298 e. The number of carbonyl (C=O) groups excluding carboxylic acids is 1. The summed E-state index contributed by atoms with van der Waals surface area (Å²) in [6, 6.07) is 7.80. The van der Waals surface area contributed by atoms with Gasteiger partial charge in [-0.15, -0.1) is 0 Å². The van der Waals surface area contributed by atoms with Crippen molar-refractivity contribution in [2.24, 2.45) is 5.41 Å². The molecular weight excluding hydrogens is 258 g/mol. The van der Waals surface area contributed by atoms with E-state index in [1.54, 1.807) is 6.92 Å². The number of carbonyl (C=O) groups is 1. The second-order valence-corrected chi connectivity index (χ2v) is 6.38. The number of nitrogens with zero attached hydrogens (tertiary/aromatic N) is 1. The van der Waals surface area contributed by atoms with Gasteiger partial charge in [0.15, 0.2) is 5.78 Å². The van der Waals surface area contributed by atoms with Crippen molar-refractivity contribution in [2.75, 3.05) is 13.6 Å². The van der Waals surface area contributed by atoms with Crippen LogP contribution >= 0.6 is 0 Å². The molecule has 0 aliphatic rings. The van der Waals surface area contributed by atoms with E-state index in [0.29, 0.717) is 0 Å². The molecule has 0 unspecified atom stereocenters. The van der Waals surface area contributed by atoms with Gasteiger partial charge in [-0.3, -0.25) is 9.69 Å². The average Bonchev–Trinajstić information content (AvgIpc) is 2.37. The molecule has 2 heteroatoms. The normalized spacial score (nSPS) is 11.5. The summed E-state index contributed by atoms with van der Waals surface area (Å²) in [5.74, 6) is 6.35. The number of ketones is 1. The number of likely N-dealkylation sites (N-methyl/N-ethyl adjacent to an activating group) is 1. The molecule has 1 rings (SSSR count). The molecule has 0 atom stereocenters. The molecule has 0 spiro atoms. The Bertz CT molecular complexity index is 567. The van der Waals surface area contributed by atoms with Crippen LogP contribution in [0.2, 0.25) is 0 Å². The first-order valence-electron chi connectivity index (χ1n) is 7.24. The first-order chi connectivity index (χ1) is 9.78. The lowest BCUT2D eigenvalue weighted by atomic mass is 9.98. The molecule has 0 N–H and O–H groups in total. The topological polar surface area (TPSA) is 20.3 Å². The first-order valence-corrected chi connectivity index (χ1v) is 7.24. The maximum absolute atomic E-state index is 11.4. The van der Waals surface area contributed by atoms with E-state index in [-0.39, 0.29) is 11.2 Å². The van der Waals surface area contributed by atoms with Crippen LogP contribution in [0.25, 0.3) is 0 Å². The van der Waals surface area contributed by atoms with Gasteiger partial charge in [0.2, 0.25) is 0 Å². The lowest BCUT2D eigenvalue weighted by Crippen LogP contribution is -2.17. The third kappa shape index (κ3) is 7.48. The SMILES string of the molecule is CC(=O)c1cccc(CN(C)C/C=C\C#CC(C)(C)C)c1. The third-order valence-corrected chi connectivity index (χ3v) is 2.85. The molecule has 2 nitrogen and oxygen atoms in total. The quantitative estimate of drug-likeness (QED) is 0.603. The zero-order valence-corrected chi connectivity index (χ0v) is 13.7. The Kier molecular flexibility index (Phi) is 6.39. The monoisotopic (exact) mass is 283 g/mol. The molecule has 0 saturated heterocycles. The second-order valence-electron chi connectivity index (χ2n) is 6.38. The van der Waals surface area contributed by atoms with Gasteiger partial charge in [0, 0.05) is 24.1 Å². The molecule has 0 heterocycles. The maximum Gasteiger partial charge on any atom is 0.159 e. The van der Waals surface area contributed by atoms with Gasteiger partial charge in [-0.05, 0) is 52.4 Å². The molecule has 0 bridgehead atoms. The van der Waals surface area contributed by atoms with Crippen LogP contribution in [0, 0.1) is 17.3 Å². The fourth-order valence-electron chi connectivity index (χ4n) is 1.81. The van der Waals surface area contributed by atoms with Gasteiger partial charge in [0.25, 0.3) is 0 Å². The van der Waals surface area contributed by atoms with E-state index in [1.165, 1.54) is 0 Å². The predicted octanol–water partition coefficient (Wildman–Crippen LogP) is 3.93. The van der Waals surface area contributed by atoms with E-state index < -0.39 is 0 Å². The number of hydrogen-bond acceptors (Lipinski definition) is 2. The van der Waals surface area contributed by atoms with Crippen molar-refractivity contribution in [3.8, 4) is 11.8 Å². The fraction of sp³-hybridized carbons (Fsp3) is 0.421. The third-order valence-electron chi connectivity index (χ3n) is 2.85. The molecule has 1 aromatic carbocycles. The second kappa shape index (κ2) is 7.81. The molecule has 21 heavy (non-hydrogen) atoms. The summed E-state index contributed by atoms with van der Waals surface area (Å²) in [4.78, 5) is 13.6. The van der Waals surface area contributed by atoms with E-state index in [4.69, 9.17) is 0 Å². The van der Waals surface area contributed by atoms with E-state index in [0.717, 1.165) is 24.2 Å². The molecule has 112 valence electrons. The van der Waals surface area contributed by atoms with Gasteiger partial charge in [0.1, 0.15) is 0 Å². The minimum atomic E-state index is 0.0450. The van der Waals surface area contributed by atoms with Crippen LogP contribution in [0.3, 0.4) is 0 Å². The van der Waals surface area contributed by atoms with Gasteiger partial charge in [-0.1, -0.05) is 36.1 Å². The van der Waals surface area contributed by atoms with Crippen LogP contribution in [0.5, 0.6) is 0 Å². The molecule has 0 aliphatic heterocycles. The fourth-order valence-corrected chi connectivity index (χ4v) is 1.81. The lowest BCUT2D eigenvalue weighted by molar-refractivity contribution is 0.101. The van der Waals surface area contributed by atoms with Gasteiger partial charge in [-0.25, -0.2) is 0 Å². The summed E-state index contributed by atoms with van der Waals surface area (Å²) in [5.41, 5.74) is 1.97. The Morgan fingerprint density at radius 3 is 2.67 bits per heavy atom. The minimum absolute atomic E-state index is 0.0450. The Morgan fingerprint density at radius 2 is 2.05 bits per heavy atom. The van der Waals surface area contributed by atoms with Crippen LogP contribution in [-0.4, -0.2) is 24.3 Å². The predicted molar refractivity (Wildman–Crippen MR) is 89.2 cm³/mol. The summed E-state index contributed by atoms with van der Waals surface area (Å²) < 4.78 is 0. The number of rotatable bonds is 5. The number of allylic oxidation sites excluding steroid dienone is 1. The first kappa shape index (κ1) is 17.2. The highest BCUT2D eigenvalue weighted by atomic mass is 16.1. The molecule has 0 aromatic heterocycles. The highest BCUT2D eigenvalue weighted by Crippen LogP contribution is 2.10. The maximum atomic E-state index is 11.4. The van der Waals surface area contributed by atoms with Crippen molar-refractivity contribution in [3.63, 3.8) is 0 Å². The van der Waals surface area contributed by atoms with Crippen molar-refractivity contribution in [3.05, 3.63) is 47.5 Å². The van der Waals surface area contributed by atoms with Crippen LogP contribution < -0.4 is 0 Å². The molecule has 0 saturated carbocycles. The van der Waals surface area contributed by atoms with Gasteiger partial charge < -0.3 is 0 Å². The van der Waals surface area contributed by atoms with E-state index in [2.05, 4.69) is 50.6 Å². The van der Waals surface area contributed by atoms with Crippen molar-refractivity contribution < 1.29 is 4.79 Å². The molecule has 0 aliphatic carbocycles. The van der Waals surface area contributed by atoms with E-state index in [1.807, 2.05) is 30.3 Å². The summed E-state index contributed by atoms with van der Waals surface area (Å²) in [6.45, 7) is 9.55. The smallest absolute Gasteiger partial charge is 0.159 e. The Hall–Kier alpha value is -1.85. The van der Waals surface area contributed by atoms with Gasteiger partial charge in [-0.2, -0.15) is 0 Å². The Labute approximate surface area is 128 Å². The van der Waals surface area contributed by atoms with Crippen LogP contribution in [0.1, 0.15) is 43.6 Å². The van der Waals surface area contributed by atoms with E-state index in [9.17, 15) is 4.79 Å². The Balaban J connectivity index is 2.52. The molecular formula is C19H25NO. The standard InChI is InChI=1S/C19H25NO/c1-16(21)18-11-9-10-17(14-18)15-20(5)13-8-6-7-12-19(2,3)4/h6,8-11,14H,13,15H2,1-5H3/b8-6-. The van der Waals surface area contributed by atoms with E-state index >= 15 is 0 Å². The van der Waals surface area contributed by atoms with Crippen LogP contribution in [-0.2, 0) is 6.54 Å². The van der Waals surface area contributed by atoms with Crippen molar-refractivity contribution in [2.45, 2.75) is 34.2 Å². The van der Waals surface area contributed by atoms with Crippen molar-refractivity contribution >= 4 is 5.78 Å². The molecule has 0 fully saturated rings. The number of hydrogen-bond donors (Lipinski definition) is 0. The molecule has 1 aromatic rings. The number of benzene rings is 1. The van der Waals surface area contributed by atoms with Crippen LogP contribution in [0.4, 0.5) is 0 Å². The highest BCUT2D eigenvalue weighted by molar-refractivity contribution is 5.94. The van der Waals surface area contributed by atoms with Crippen LogP contribution in [0.15, 0.2) is 36.4 Å². The van der Waals surface area contributed by atoms with Gasteiger partial charge in [0.05, 0.1) is 0 Å². The lowest BCUT2D eigenvalue weighted by Gasteiger charge is -2.14. The largest absolute Gasteiger partial charge is 0.298 e. The summed E-state index contributed by atoms with van der Waals surface area (Å²) >= 11 is 0. The molecule has 0 amide bonds. The summed E-state index contributed by atoms with van der Waals surface area (Å²) in [6.07, 6.45) is 3.97. The zero-order chi connectivity index (χ0) is 15.9. The molecule has 0 radical (unpaired) electrons. The average molecular weight is 283 g/mol. The van der Waals surface area contributed by atoms with Crippen molar-refractivity contribution in [1.29, 1.82) is 0 Å². The summed E-state index contributed by atoms with van der Waals surface area (Å²) in [5, 5.41) is 0. The highest BCUT2D eigenvalue weighted by Gasteiger charge is 2.03. The summed E-state index contributed by atoms with van der Waals surface area (Å²) in [7, 11) is 2.06. The zero-order valence-electron chi connectivity index (χ0n) is 13.7. The number of Topliss-reactive ketones (excluding diaryl/α,β-unsaturated/α-hetero) is 1. The van der Waals surface area contributed by atoms with Crippen molar-refractivity contribution in [1.82, 2.24) is 4.90 Å². The Morgan fingerprint density at radius 1 is 1.33 bits per heavy atom.